The maximum absolute atomic E-state index is 4.19. The molecule has 2 aliphatic heterocycles. The lowest BCUT2D eigenvalue weighted by atomic mass is 10.0. The molecule has 1 fully saturated rings. The van der Waals surface area contributed by atoms with Crippen LogP contribution in [0.4, 0.5) is 0 Å². The molecule has 0 bridgehead atoms. The van der Waals surface area contributed by atoms with Gasteiger partial charge in [0.05, 0.1) is 5.70 Å². The van der Waals surface area contributed by atoms with Crippen LogP contribution in [0.3, 0.4) is 0 Å². The molecule has 0 amide bonds. The second-order valence-electron chi connectivity index (χ2n) is 7.01. The van der Waals surface area contributed by atoms with Gasteiger partial charge in [0.15, 0.2) is 0 Å². The number of rotatable bonds is 4. The van der Waals surface area contributed by atoms with Crippen LogP contribution in [-0.4, -0.2) is 34.4 Å². The molecule has 2 nitrogen and oxygen atoms in total. The van der Waals surface area contributed by atoms with Crippen molar-refractivity contribution >= 4 is 17.5 Å². The molecule has 0 unspecified atom stereocenters. The Kier molecular flexibility index (Phi) is 5.87. The lowest BCUT2D eigenvalue weighted by Crippen LogP contribution is -2.32. The smallest absolute Gasteiger partial charge is 0.0527 e. The first-order valence-electron chi connectivity index (χ1n) is 8.96. The first-order chi connectivity index (χ1) is 12.0. The van der Waals surface area contributed by atoms with E-state index >= 15 is 0 Å². The first-order valence-corrected chi connectivity index (χ1v) is 10.1. The molecular formula is C22H28N2S. The molecule has 0 saturated carbocycles. The number of hydrogen-bond donors (Lipinski definition) is 0. The van der Waals surface area contributed by atoms with Crippen LogP contribution in [0.15, 0.2) is 60.5 Å². The van der Waals surface area contributed by atoms with Crippen molar-refractivity contribution in [1.29, 1.82) is 0 Å². The lowest BCUT2D eigenvalue weighted by molar-refractivity contribution is 0.294. The molecule has 0 atom stereocenters. The summed E-state index contributed by atoms with van der Waals surface area (Å²) in [7, 11) is 0. The van der Waals surface area contributed by atoms with Crippen LogP contribution in [0.25, 0.3) is 5.70 Å². The molecule has 1 saturated heterocycles. The van der Waals surface area contributed by atoms with E-state index in [2.05, 4.69) is 91.5 Å². The standard InChI is InChI=1S/C22H28N2S/c1-17(2)15-24-19(4)6-5-7-22(24)20-8-9-21(18(3)14-20)16-23-10-12-25-13-11-23/h5-9,14-15H,4,10-13,16H2,1-3H3. The van der Waals surface area contributed by atoms with E-state index in [0.29, 0.717) is 0 Å². The molecule has 1 aromatic rings. The van der Waals surface area contributed by atoms with Gasteiger partial charge in [-0.15, -0.1) is 0 Å². The molecule has 1 aromatic carbocycles. The van der Waals surface area contributed by atoms with Crippen molar-refractivity contribution < 1.29 is 0 Å². The molecule has 3 heteroatoms. The minimum atomic E-state index is 1.01. The van der Waals surface area contributed by atoms with Crippen LogP contribution in [0.2, 0.25) is 0 Å². The highest BCUT2D eigenvalue weighted by Crippen LogP contribution is 2.29. The van der Waals surface area contributed by atoms with Gasteiger partial charge in [-0.2, -0.15) is 11.8 Å². The van der Waals surface area contributed by atoms with Gasteiger partial charge in [-0.1, -0.05) is 30.4 Å². The van der Waals surface area contributed by atoms with Crippen molar-refractivity contribution in [2.24, 2.45) is 0 Å². The number of allylic oxidation sites excluding steroid dienone is 4. The molecule has 132 valence electrons. The van der Waals surface area contributed by atoms with E-state index < -0.39 is 0 Å². The lowest BCUT2D eigenvalue weighted by Gasteiger charge is -2.29. The summed E-state index contributed by atoms with van der Waals surface area (Å²) < 4.78 is 0. The van der Waals surface area contributed by atoms with Crippen LogP contribution in [0.1, 0.15) is 30.5 Å². The highest BCUT2D eigenvalue weighted by Gasteiger charge is 2.16. The quantitative estimate of drug-likeness (QED) is 0.736. The fourth-order valence-electron chi connectivity index (χ4n) is 3.24. The van der Waals surface area contributed by atoms with Crippen molar-refractivity contribution in [3.63, 3.8) is 0 Å². The maximum Gasteiger partial charge on any atom is 0.0527 e. The van der Waals surface area contributed by atoms with Gasteiger partial charge >= 0.3 is 0 Å². The highest BCUT2D eigenvalue weighted by molar-refractivity contribution is 7.99. The molecule has 0 radical (unpaired) electrons. The van der Waals surface area contributed by atoms with Crippen LogP contribution in [0.5, 0.6) is 0 Å². The summed E-state index contributed by atoms with van der Waals surface area (Å²) in [5.41, 5.74) is 7.52. The number of benzene rings is 1. The molecular weight excluding hydrogens is 324 g/mol. The van der Waals surface area contributed by atoms with Crippen molar-refractivity contribution in [3.05, 3.63) is 77.2 Å². The fourth-order valence-corrected chi connectivity index (χ4v) is 4.22. The second kappa shape index (κ2) is 8.11. The zero-order chi connectivity index (χ0) is 17.8. The van der Waals surface area contributed by atoms with E-state index in [0.717, 1.165) is 12.2 Å². The van der Waals surface area contributed by atoms with Crippen molar-refractivity contribution in [3.8, 4) is 0 Å². The van der Waals surface area contributed by atoms with Gasteiger partial charge in [0, 0.05) is 43.0 Å². The molecule has 0 aromatic heterocycles. The monoisotopic (exact) mass is 352 g/mol. The third-order valence-corrected chi connectivity index (χ3v) is 5.58. The van der Waals surface area contributed by atoms with Crippen molar-refractivity contribution in [2.75, 3.05) is 24.6 Å². The topological polar surface area (TPSA) is 6.48 Å². The molecule has 0 N–H and O–H groups in total. The maximum atomic E-state index is 4.19. The minimum Gasteiger partial charge on any atom is -0.317 e. The molecule has 25 heavy (non-hydrogen) atoms. The van der Waals surface area contributed by atoms with Gasteiger partial charge in [0.1, 0.15) is 0 Å². The average Bonchev–Trinajstić information content (AvgIpc) is 2.59. The summed E-state index contributed by atoms with van der Waals surface area (Å²) in [6.07, 6.45) is 8.47. The highest BCUT2D eigenvalue weighted by atomic mass is 32.2. The van der Waals surface area contributed by atoms with Gasteiger partial charge in [0.2, 0.25) is 0 Å². The summed E-state index contributed by atoms with van der Waals surface area (Å²) in [6.45, 7) is 14.1. The number of nitrogens with zero attached hydrogens (tertiary/aromatic N) is 2. The third kappa shape index (κ3) is 4.47. The van der Waals surface area contributed by atoms with E-state index in [-0.39, 0.29) is 0 Å². The van der Waals surface area contributed by atoms with Gasteiger partial charge < -0.3 is 4.90 Å². The Morgan fingerprint density at radius 2 is 2.00 bits per heavy atom. The number of hydrogen-bond acceptors (Lipinski definition) is 3. The average molecular weight is 353 g/mol. The van der Waals surface area contributed by atoms with E-state index in [4.69, 9.17) is 0 Å². The van der Waals surface area contributed by atoms with Crippen molar-refractivity contribution in [2.45, 2.75) is 27.3 Å². The van der Waals surface area contributed by atoms with Crippen LogP contribution in [-0.2, 0) is 6.54 Å². The molecule has 0 spiro atoms. The molecule has 2 heterocycles. The first kappa shape index (κ1) is 18.1. The largest absolute Gasteiger partial charge is 0.317 e. The van der Waals surface area contributed by atoms with Crippen molar-refractivity contribution in [1.82, 2.24) is 9.80 Å². The van der Waals surface area contributed by atoms with E-state index in [9.17, 15) is 0 Å². The van der Waals surface area contributed by atoms with E-state index in [1.54, 1.807) is 0 Å². The third-order valence-electron chi connectivity index (χ3n) is 4.63. The Balaban J connectivity index is 1.83. The van der Waals surface area contributed by atoms with E-state index in [1.807, 2.05) is 0 Å². The zero-order valence-corrected chi connectivity index (χ0v) is 16.4. The second-order valence-corrected chi connectivity index (χ2v) is 8.23. The number of aryl methyl sites for hydroxylation is 1. The van der Waals surface area contributed by atoms with Gasteiger partial charge in [-0.05, 0) is 55.7 Å². The van der Waals surface area contributed by atoms with E-state index in [1.165, 1.54) is 52.6 Å². The summed E-state index contributed by atoms with van der Waals surface area (Å²) in [6, 6.07) is 6.87. The number of thioether (sulfide) groups is 1. The van der Waals surface area contributed by atoms with Crippen LogP contribution < -0.4 is 0 Å². The van der Waals surface area contributed by atoms with Crippen LogP contribution >= 0.6 is 11.8 Å². The molecule has 0 aliphatic carbocycles. The zero-order valence-electron chi connectivity index (χ0n) is 15.6. The van der Waals surface area contributed by atoms with Gasteiger partial charge in [-0.25, -0.2) is 0 Å². The predicted molar refractivity (Wildman–Crippen MR) is 111 cm³/mol. The predicted octanol–water partition coefficient (Wildman–Crippen LogP) is 5.19. The molecule has 2 aliphatic rings. The molecule has 3 rings (SSSR count). The SMILES string of the molecule is C=C1C=CC=C(c2ccc(CN3CCSCC3)c(C)c2)N1C=C(C)C. The summed E-state index contributed by atoms with van der Waals surface area (Å²) >= 11 is 2.07. The summed E-state index contributed by atoms with van der Waals surface area (Å²) in [5.74, 6) is 2.52. The Bertz CT molecular complexity index is 732. The Morgan fingerprint density at radius 1 is 1.24 bits per heavy atom. The summed E-state index contributed by atoms with van der Waals surface area (Å²) in [4.78, 5) is 4.75. The Labute approximate surface area is 156 Å². The van der Waals surface area contributed by atoms with Gasteiger partial charge in [-0.3, -0.25) is 4.90 Å². The Hall–Kier alpha value is -1.71. The summed E-state index contributed by atoms with van der Waals surface area (Å²) in [5, 5.41) is 0. The van der Waals surface area contributed by atoms with Gasteiger partial charge in [0.25, 0.3) is 0 Å². The normalized spacial score (nSPS) is 18.3. The van der Waals surface area contributed by atoms with Crippen LogP contribution in [0, 0.1) is 6.92 Å². The fraction of sp³-hybridized carbons (Fsp3) is 0.364. The Morgan fingerprint density at radius 3 is 2.68 bits per heavy atom. The minimum absolute atomic E-state index is 1.01.